The molecule has 5 heteroatoms. The van der Waals surface area contributed by atoms with Gasteiger partial charge in [0.25, 0.3) is 0 Å². The van der Waals surface area contributed by atoms with Crippen LogP contribution in [-0.2, 0) is 6.54 Å². The van der Waals surface area contributed by atoms with E-state index in [2.05, 4.69) is 10.2 Å². The molecule has 0 saturated carbocycles. The highest BCUT2D eigenvalue weighted by molar-refractivity contribution is 6.34. The summed E-state index contributed by atoms with van der Waals surface area (Å²) < 4.78 is 0. The molecular formula is C14H18Cl2N2O. The summed E-state index contributed by atoms with van der Waals surface area (Å²) in [5.74, 6) is 0.125. The highest BCUT2D eigenvalue weighted by Crippen LogP contribution is 2.39. The van der Waals surface area contributed by atoms with Crippen LogP contribution in [-0.4, -0.2) is 36.2 Å². The SMILES string of the molecule is Oc1c(Cl)ccc(Cl)c1CN1CCC2(CCNC2)C1. The Morgan fingerprint density at radius 1 is 1.26 bits per heavy atom. The average Bonchev–Trinajstić information content (AvgIpc) is 3.01. The van der Waals surface area contributed by atoms with Gasteiger partial charge in [-0.1, -0.05) is 23.2 Å². The molecule has 2 heterocycles. The average molecular weight is 301 g/mol. The molecule has 2 fully saturated rings. The minimum atomic E-state index is 0.125. The van der Waals surface area contributed by atoms with Crippen molar-refractivity contribution in [3.05, 3.63) is 27.7 Å². The number of halogens is 2. The zero-order valence-corrected chi connectivity index (χ0v) is 12.3. The molecule has 0 amide bonds. The van der Waals surface area contributed by atoms with Crippen LogP contribution in [0, 0.1) is 5.41 Å². The Morgan fingerprint density at radius 3 is 2.79 bits per heavy atom. The first-order valence-electron chi connectivity index (χ1n) is 6.69. The van der Waals surface area contributed by atoms with Crippen LogP contribution in [0.2, 0.25) is 10.0 Å². The van der Waals surface area contributed by atoms with Gasteiger partial charge in [-0.25, -0.2) is 0 Å². The van der Waals surface area contributed by atoms with Crippen LogP contribution in [0.25, 0.3) is 0 Å². The Bertz CT molecular complexity index is 487. The molecule has 0 aliphatic carbocycles. The summed E-state index contributed by atoms with van der Waals surface area (Å²) in [5.41, 5.74) is 1.18. The van der Waals surface area contributed by atoms with Gasteiger partial charge in [-0.3, -0.25) is 4.90 Å². The van der Waals surface area contributed by atoms with Crippen LogP contribution >= 0.6 is 23.2 Å². The maximum absolute atomic E-state index is 10.0. The van der Waals surface area contributed by atoms with Crippen LogP contribution < -0.4 is 5.32 Å². The number of phenolic OH excluding ortho intramolecular Hbond substituents is 1. The molecule has 0 aromatic heterocycles. The molecule has 1 atom stereocenters. The molecule has 1 aromatic rings. The van der Waals surface area contributed by atoms with Gasteiger partial charge in [-0.2, -0.15) is 0 Å². The van der Waals surface area contributed by atoms with Crippen LogP contribution in [0.5, 0.6) is 5.75 Å². The summed E-state index contributed by atoms with van der Waals surface area (Å²) in [6.07, 6.45) is 2.47. The molecule has 1 spiro atoms. The monoisotopic (exact) mass is 300 g/mol. The zero-order valence-electron chi connectivity index (χ0n) is 10.8. The first-order chi connectivity index (χ1) is 9.10. The van der Waals surface area contributed by atoms with Gasteiger partial charge in [0.15, 0.2) is 0 Å². The summed E-state index contributed by atoms with van der Waals surface area (Å²) >= 11 is 12.1. The second kappa shape index (κ2) is 5.13. The fourth-order valence-electron chi connectivity index (χ4n) is 3.26. The molecule has 2 N–H and O–H groups in total. The Hall–Kier alpha value is -0.480. The second-order valence-electron chi connectivity index (χ2n) is 5.74. The molecule has 3 nitrogen and oxygen atoms in total. The van der Waals surface area contributed by atoms with Crippen molar-refractivity contribution in [2.75, 3.05) is 26.2 Å². The fraction of sp³-hybridized carbons (Fsp3) is 0.571. The van der Waals surface area contributed by atoms with Gasteiger partial charge < -0.3 is 10.4 Å². The van der Waals surface area contributed by atoms with Gasteiger partial charge in [0, 0.05) is 30.2 Å². The molecule has 104 valence electrons. The fourth-order valence-corrected chi connectivity index (χ4v) is 3.65. The summed E-state index contributed by atoms with van der Waals surface area (Å²) in [6, 6.07) is 3.39. The number of benzene rings is 1. The smallest absolute Gasteiger partial charge is 0.140 e. The summed E-state index contributed by atoms with van der Waals surface area (Å²) in [6.45, 7) is 5.04. The predicted molar refractivity (Wildman–Crippen MR) is 77.9 cm³/mol. The lowest BCUT2D eigenvalue weighted by molar-refractivity contribution is 0.266. The number of nitrogens with zero attached hydrogens (tertiary/aromatic N) is 1. The van der Waals surface area contributed by atoms with E-state index in [9.17, 15) is 5.11 Å². The lowest BCUT2D eigenvalue weighted by Gasteiger charge is -2.23. The summed E-state index contributed by atoms with van der Waals surface area (Å²) in [7, 11) is 0. The van der Waals surface area contributed by atoms with Gasteiger partial charge >= 0.3 is 0 Å². The van der Waals surface area contributed by atoms with Crippen LogP contribution in [0.1, 0.15) is 18.4 Å². The van der Waals surface area contributed by atoms with Crippen LogP contribution in [0.4, 0.5) is 0 Å². The molecular weight excluding hydrogens is 283 g/mol. The van der Waals surface area contributed by atoms with E-state index in [-0.39, 0.29) is 5.75 Å². The first kappa shape index (κ1) is 13.5. The van der Waals surface area contributed by atoms with E-state index in [0.717, 1.165) is 31.7 Å². The number of aromatic hydroxyl groups is 1. The maximum atomic E-state index is 10.0. The molecule has 2 aliphatic rings. The largest absolute Gasteiger partial charge is 0.506 e. The number of nitrogens with one attached hydrogen (secondary N) is 1. The Balaban J connectivity index is 1.74. The number of hydrogen-bond donors (Lipinski definition) is 2. The lowest BCUT2D eigenvalue weighted by atomic mass is 9.86. The van der Waals surface area contributed by atoms with Crippen molar-refractivity contribution in [1.82, 2.24) is 10.2 Å². The van der Waals surface area contributed by atoms with Crippen molar-refractivity contribution >= 4 is 23.2 Å². The van der Waals surface area contributed by atoms with Gasteiger partial charge in [0.1, 0.15) is 5.75 Å². The van der Waals surface area contributed by atoms with E-state index in [1.54, 1.807) is 12.1 Å². The van der Waals surface area contributed by atoms with Crippen molar-refractivity contribution in [3.8, 4) is 5.75 Å². The number of phenols is 1. The van der Waals surface area contributed by atoms with Crippen molar-refractivity contribution in [2.45, 2.75) is 19.4 Å². The topological polar surface area (TPSA) is 35.5 Å². The Kier molecular flexibility index (Phi) is 3.65. The highest BCUT2D eigenvalue weighted by atomic mass is 35.5. The molecule has 2 saturated heterocycles. The third-order valence-corrected chi connectivity index (χ3v) is 5.07. The van der Waals surface area contributed by atoms with Crippen molar-refractivity contribution in [1.29, 1.82) is 0 Å². The Labute approximate surface area is 123 Å². The number of likely N-dealkylation sites (tertiary alicyclic amines) is 1. The number of rotatable bonds is 2. The molecule has 1 unspecified atom stereocenters. The Morgan fingerprint density at radius 2 is 2.05 bits per heavy atom. The van der Waals surface area contributed by atoms with E-state index >= 15 is 0 Å². The molecule has 0 radical (unpaired) electrons. The van der Waals surface area contributed by atoms with Crippen LogP contribution in [0.15, 0.2) is 12.1 Å². The van der Waals surface area contributed by atoms with E-state index in [4.69, 9.17) is 23.2 Å². The molecule has 3 rings (SSSR count). The minimum absolute atomic E-state index is 0.125. The van der Waals surface area contributed by atoms with E-state index < -0.39 is 0 Å². The third-order valence-electron chi connectivity index (χ3n) is 4.41. The van der Waals surface area contributed by atoms with E-state index in [1.807, 2.05) is 0 Å². The quantitative estimate of drug-likeness (QED) is 0.881. The van der Waals surface area contributed by atoms with Gasteiger partial charge in [-0.15, -0.1) is 0 Å². The maximum Gasteiger partial charge on any atom is 0.140 e. The van der Waals surface area contributed by atoms with Crippen molar-refractivity contribution in [3.63, 3.8) is 0 Å². The van der Waals surface area contributed by atoms with Crippen molar-refractivity contribution < 1.29 is 5.11 Å². The zero-order chi connectivity index (χ0) is 13.5. The van der Waals surface area contributed by atoms with Gasteiger partial charge in [-0.05, 0) is 43.5 Å². The normalized spacial score (nSPS) is 27.5. The molecule has 19 heavy (non-hydrogen) atoms. The first-order valence-corrected chi connectivity index (χ1v) is 7.44. The third kappa shape index (κ3) is 2.57. The highest BCUT2D eigenvalue weighted by Gasteiger charge is 2.40. The second-order valence-corrected chi connectivity index (χ2v) is 6.56. The predicted octanol–water partition coefficient (Wildman–Crippen LogP) is 2.88. The summed E-state index contributed by atoms with van der Waals surface area (Å²) in [5, 5.41) is 14.4. The summed E-state index contributed by atoms with van der Waals surface area (Å²) in [4.78, 5) is 2.37. The van der Waals surface area contributed by atoms with Crippen molar-refractivity contribution in [2.24, 2.45) is 5.41 Å². The molecule has 2 aliphatic heterocycles. The van der Waals surface area contributed by atoms with E-state index in [0.29, 0.717) is 22.0 Å². The lowest BCUT2D eigenvalue weighted by Crippen LogP contribution is -2.29. The van der Waals surface area contributed by atoms with Gasteiger partial charge in [0.2, 0.25) is 0 Å². The van der Waals surface area contributed by atoms with Crippen LogP contribution in [0.3, 0.4) is 0 Å². The standard InChI is InChI=1S/C14H18Cl2N2O/c15-11-1-2-12(16)13(19)10(11)7-18-6-4-14(9-18)3-5-17-8-14/h1-2,17,19H,3-9H2. The molecule has 0 bridgehead atoms. The minimum Gasteiger partial charge on any atom is -0.506 e. The van der Waals surface area contributed by atoms with E-state index in [1.165, 1.54) is 12.8 Å². The number of hydrogen-bond acceptors (Lipinski definition) is 3. The molecule has 1 aromatic carbocycles. The van der Waals surface area contributed by atoms with Gasteiger partial charge in [0.05, 0.1) is 5.02 Å².